The highest BCUT2D eigenvalue weighted by molar-refractivity contribution is 5.68. The van der Waals surface area contributed by atoms with Crippen LogP contribution in [0.5, 0.6) is 0 Å². The van der Waals surface area contributed by atoms with Gasteiger partial charge in [-0.2, -0.15) is 5.10 Å². The average molecular weight is 311 g/mol. The highest BCUT2D eigenvalue weighted by Gasteiger charge is 2.20. The van der Waals surface area contributed by atoms with Crippen LogP contribution < -0.4 is 5.32 Å². The molecule has 3 aromatic heterocycles. The van der Waals surface area contributed by atoms with E-state index in [-0.39, 0.29) is 0 Å². The lowest BCUT2D eigenvalue weighted by molar-refractivity contribution is 0.693. The third kappa shape index (κ3) is 2.56. The molecule has 0 aromatic carbocycles. The lowest BCUT2D eigenvalue weighted by Crippen LogP contribution is -2.01. The Hall–Kier alpha value is -2.44. The van der Waals surface area contributed by atoms with E-state index in [0.717, 1.165) is 17.3 Å². The van der Waals surface area contributed by atoms with Crippen molar-refractivity contribution in [2.24, 2.45) is 0 Å². The van der Waals surface area contributed by atoms with Crippen molar-refractivity contribution in [1.82, 2.24) is 29.8 Å². The monoisotopic (exact) mass is 311 g/mol. The topological polar surface area (TPSA) is 83.8 Å². The van der Waals surface area contributed by atoms with E-state index in [4.69, 9.17) is 0 Å². The molecule has 0 bridgehead atoms. The van der Waals surface area contributed by atoms with Gasteiger partial charge in [0.1, 0.15) is 5.82 Å². The Labute approximate surface area is 134 Å². The Morgan fingerprint density at radius 2 is 2.09 bits per heavy atom. The molecule has 120 valence electrons. The molecule has 7 nitrogen and oxygen atoms in total. The van der Waals surface area contributed by atoms with Crippen LogP contribution in [0.4, 0.5) is 11.6 Å². The fourth-order valence-corrected chi connectivity index (χ4v) is 3.29. The van der Waals surface area contributed by atoms with Crippen LogP contribution in [0.25, 0.3) is 5.65 Å². The van der Waals surface area contributed by atoms with Gasteiger partial charge in [-0.3, -0.25) is 9.50 Å². The molecule has 23 heavy (non-hydrogen) atoms. The van der Waals surface area contributed by atoms with E-state index in [1.54, 1.807) is 6.20 Å². The summed E-state index contributed by atoms with van der Waals surface area (Å²) in [5.41, 5.74) is 1.93. The minimum atomic E-state index is 0.305. The van der Waals surface area contributed by atoms with Crippen molar-refractivity contribution in [2.75, 3.05) is 5.32 Å². The minimum absolute atomic E-state index is 0.305. The van der Waals surface area contributed by atoms with Crippen LogP contribution >= 0.6 is 0 Å². The van der Waals surface area contributed by atoms with Crippen molar-refractivity contribution in [3.05, 3.63) is 30.0 Å². The molecule has 4 rings (SSSR count). The summed E-state index contributed by atoms with van der Waals surface area (Å²) < 4.78 is 1.98. The van der Waals surface area contributed by atoms with Gasteiger partial charge in [-0.1, -0.05) is 26.7 Å². The molecule has 0 saturated heterocycles. The van der Waals surface area contributed by atoms with Gasteiger partial charge < -0.3 is 5.32 Å². The first-order chi connectivity index (χ1) is 11.2. The summed E-state index contributed by atoms with van der Waals surface area (Å²) in [5, 5.41) is 19.3. The van der Waals surface area contributed by atoms with E-state index in [9.17, 15) is 0 Å². The van der Waals surface area contributed by atoms with Crippen molar-refractivity contribution >= 4 is 17.3 Å². The SMILES string of the molecule is CC(C)c1nnc2c(Nc3cc(C4CCCC4)[nH]n3)nccn12. The molecule has 7 heteroatoms. The molecule has 0 unspecified atom stereocenters. The molecular formula is C16H21N7. The zero-order valence-electron chi connectivity index (χ0n) is 13.5. The summed E-state index contributed by atoms with van der Waals surface area (Å²) in [6.45, 7) is 4.21. The van der Waals surface area contributed by atoms with Gasteiger partial charge in [0.25, 0.3) is 0 Å². The van der Waals surface area contributed by atoms with Gasteiger partial charge in [0.2, 0.25) is 5.65 Å². The Balaban J connectivity index is 1.62. The summed E-state index contributed by atoms with van der Waals surface area (Å²) in [5.74, 6) is 3.30. The molecule has 1 saturated carbocycles. The predicted octanol–water partition coefficient (Wildman–Crippen LogP) is 3.37. The lowest BCUT2D eigenvalue weighted by atomic mass is 10.0. The molecule has 3 heterocycles. The average Bonchev–Trinajstić information content (AvgIpc) is 3.27. The number of nitrogens with zero attached hydrogens (tertiary/aromatic N) is 5. The molecule has 3 aromatic rings. The van der Waals surface area contributed by atoms with Crippen molar-refractivity contribution < 1.29 is 0 Å². The van der Waals surface area contributed by atoms with E-state index in [1.807, 2.05) is 10.6 Å². The van der Waals surface area contributed by atoms with Crippen molar-refractivity contribution in [1.29, 1.82) is 0 Å². The number of rotatable bonds is 4. The number of aromatic nitrogens is 6. The van der Waals surface area contributed by atoms with Gasteiger partial charge in [0.15, 0.2) is 11.6 Å². The molecule has 0 atom stereocenters. The standard InChI is InChI=1S/C16H21N7/c1-10(2)15-21-22-16-14(17-7-8-23(15)16)18-13-9-12(19-20-13)11-5-3-4-6-11/h7-11H,3-6H2,1-2H3,(H2,17,18,19,20). The Bertz CT molecular complexity index is 811. The lowest BCUT2D eigenvalue weighted by Gasteiger charge is -2.05. The van der Waals surface area contributed by atoms with Crippen LogP contribution in [0.3, 0.4) is 0 Å². The van der Waals surface area contributed by atoms with Gasteiger partial charge >= 0.3 is 0 Å². The zero-order valence-corrected chi connectivity index (χ0v) is 13.5. The van der Waals surface area contributed by atoms with Crippen LogP contribution in [0.1, 0.15) is 62.9 Å². The molecule has 1 fully saturated rings. The second-order valence-corrected chi connectivity index (χ2v) is 6.50. The molecular weight excluding hydrogens is 290 g/mol. The largest absolute Gasteiger partial charge is 0.320 e. The van der Waals surface area contributed by atoms with Crippen LogP contribution in [0, 0.1) is 0 Å². The summed E-state index contributed by atoms with van der Waals surface area (Å²) in [6, 6.07) is 2.08. The molecule has 0 aliphatic heterocycles. The van der Waals surface area contributed by atoms with E-state index >= 15 is 0 Å². The highest BCUT2D eigenvalue weighted by atomic mass is 15.3. The summed E-state index contributed by atoms with van der Waals surface area (Å²) >= 11 is 0. The maximum atomic E-state index is 4.39. The Morgan fingerprint density at radius 1 is 1.26 bits per heavy atom. The molecule has 1 aliphatic carbocycles. The van der Waals surface area contributed by atoms with E-state index in [1.165, 1.54) is 31.4 Å². The maximum Gasteiger partial charge on any atom is 0.204 e. The molecule has 1 aliphatic rings. The first-order valence-electron chi connectivity index (χ1n) is 8.24. The second-order valence-electron chi connectivity index (χ2n) is 6.50. The van der Waals surface area contributed by atoms with Crippen LogP contribution in [0.15, 0.2) is 18.5 Å². The van der Waals surface area contributed by atoms with E-state index in [2.05, 4.69) is 50.6 Å². The molecule has 0 amide bonds. The first-order valence-corrected chi connectivity index (χ1v) is 8.24. The normalized spacial score (nSPS) is 15.8. The summed E-state index contributed by atoms with van der Waals surface area (Å²) in [4.78, 5) is 4.39. The zero-order chi connectivity index (χ0) is 15.8. The number of fused-ring (bicyclic) bond motifs is 1. The van der Waals surface area contributed by atoms with E-state index in [0.29, 0.717) is 17.7 Å². The summed E-state index contributed by atoms with van der Waals surface area (Å²) in [7, 11) is 0. The second kappa shape index (κ2) is 5.64. The first kappa shape index (κ1) is 14.2. The number of aromatic amines is 1. The smallest absolute Gasteiger partial charge is 0.204 e. The number of hydrogen-bond acceptors (Lipinski definition) is 5. The fraction of sp³-hybridized carbons (Fsp3) is 0.500. The van der Waals surface area contributed by atoms with Gasteiger partial charge in [0.05, 0.1) is 0 Å². The van der Waals surface area contributed by atoms with Gasteiger partial charge in [-0.05, 0) is 12.8 Å². The highest BCUT2D eigenvalue weighted by Crippen LogP contribution is 2.34. The fourth-order valence-electron chi connectivity index (χ4n) is 3.29. The molecule has 2 N–H and O–H groups in total. The number of hydrogen-bond donors (Lipinski definition) is 2. The molecule has 0 radical (unpaired) electrons. The third-order valence-electron chi connectivity index (χ3n) is 4.51. The minimum Gasteiger partial charge on any atom is -0.320 e. The Kier molecular flexibility index (Phi) is 3.48. The van der Waals surface area contributed by atoms with Crippen LogP contribution in [-0.2, 0) is 0 Å². The van der Waals surface area contributed by atoms with Gasteiger partial charge in [-0.25, -0.2) is 4.98 Å². The van der Waals surface area contributed by atoms with Crippen molar-refractivity contribution in [3.8, 4) is 0 Å². The quantitative estimate of drug-likeness (QED) is 0.771. The van der Waals surface area contributed by atoms with Gasteiger partial charge in [0, 0.05) is 36.0 Å². The number of anilines is 2. The molecule has 0 spiro atoms. The predicted molar refractivity (Wildman–Crippen MR) is 88.0 cm³/mol. The van der Waals surface area contributed by atoms with Gasteiger partial charge in [-0.15, -0.1) is 10.2 Å². The van der Waals surface area contributed by atoms with Crippen LogP contribution in [-0.4, -0.2) is 29.8 Å². The number of H-pyrrole nitrogens is 1. The van der Waals surface area contributed by atoms with Crippen LogP contribution in [0.2, 0.25) is 0 Å². The maximum absolute atomic E-state index is 4.39. The van der Waals surface area contributed by atoms with Crippen molar-refractivity contribution in [2.45, 2.75) is 51.4 Å². The van der Waals surface area contributed by atoms with Crippen molar-refractivity contribution in [3.63, 3.8) is 0 Å². The Morgan fingerprint density at radius 3 is 2.87 bits per heavy atom. The number of nitrogens with one attached hydrogen (secondary N) is 2. The van der Waals surface area contributed by atoms with E-state index < -0.39 is 0 Å². The third-order valence-corrected chi connectivity index (χ3v) is 4.51. The summed E-state index contributed by atoms with van der Waals surface area (Å²) in [6.07, 6.45) is 8.77.